The van der Waals surface area contributed by atoms with Gasteiger partial charge in [0.1, 0.15) is 11.5 Å². The Morgan fingerprint density at radius 2 is 1.62 bits per heavy atom. The minimum Gasteiger partial charge on any atom is -0.497 e. The highest BCUT2D eigenvalue weighted by Gasteiger charge is 2.18. The van der Waals surface area contributed by atoms with Crippen LogP contribution in [0.2, 0.25) is 0 Å². The van der Waals surface area contributed by atoms with Gasteiger partial charge in [0.05, 0.1) is 33.0 Å². The molecule has 2 atom stereocenters. The zero-order valence-electron chi connectivity index (χ0n) is 15.9. The molecule has 138 valence electrons. The van der Waals surface area contributed by atoms with E-state index in [0.717, 1.165) is 30.0 Å². The third kappa shape index (κ3) is 7.07. The van der Waals surface area contributed by atoms with E-state index in [2.05, 4.69) is 18.7 Å². The van der Waals surface area contributed by atoms with Gasteiger partial charge >= 0.3 is 0 Å². The van der Waals surface area contributed by atoms with E-state index in [4.69, 9.17) is 14.2 Å². The lowest BCUT2D eigenvalue weighted by atomic mass is 10.1. The van der Waals surface area contributed by atoms with Crippen LogP contribution < -0.4 is 9.47 Å². The lowest BCUT2D eigenvalue weighted by Crippen LogP contribution is -2.40. The summed E-state index contributed by atoms with van der Waals surface area (Å²) in [6.07, 6.45) is 0.632. The number of aliphatic hydroxyl groups is 1. The second-order valence-corrected chi connectivity index (χ2v) is 6.44. The molecule has 0 amide bonds. The molecule has 0 aromatic heterocycles. The summed E-state index contributed by atoms with van der Waals surface area (Å²) in [5, 5.41) is 10.3. The van der Waals surface area contributed by atoms with Crippen LogP contribution in [0.5, 0.6) is 11.5 Å². The van der Waals surface area contributed by atoms with E-state index in [1.54, 1.807) is 14.2 Å². The molecule has 0 saturated carbocycles. The second kappa shape index (κ2) is 10.5. The van der Waals surface area contributed by atoms with Crippen LogP contribution in [0.1, 0.15) is 39.7 Å². The molecule has 0 radical (unpaired) electrons. The molecule has 1 aromatic carbocycles. The molecule has 0 spiro atoms. The van der Waals surface area contributed by atoms with E-state index in [9.17, 15) is 5.11 Å². The van der Waals surface area contributed by atoms with E-state index < -0.39 is 6.10 Å². The molecule has 0 fully saturated rings. The van der Waals surface area contributed by atoms with Crippen LogP contribution in [0, 0.1) is 0 Å². The number of methoxy groups -OCH3 is 2. The van der Waals surface area contributed by atoms with Crippen LogP contribution in [0.15, 0.2) is 18.2 Å². The summed E-state index contributed by atoms with van der Waals surface area (Å²) < 4.78 is 16.2. The van der Waals surface area contributed by atoms with Crippen molar-refractivity contribution >= 4 is 0 Å². The van der Waals surface area contributed by atoms with Gasteiger partial charge in [-0.2, -0.15) is 0 Å². The van der Waals surface area contributed by atoms with Gasteiger partial charge in [-0.25, -0.2) is 0 Å². The molecule has 1 aromatic rings. The van der Waals surface area contributed by atoms with Gasteiger partial charge < -0.3 is 19.3 Å². The van der Waals surface area contributed by atoms with Crippen LogP contribution in [0.25, 0.3) is 0 Å². The van der Waals surface area contributed by atoms with Gasteiger partial charge in [0, 0.05) is 25.2 Å². The molecule has 5 nitrogen and oxygen atoms in total. The zero-order chi connectivity index (χ0) is 18.1. The average molecular weight is 339 g/mol. The summed E-state index contributed by atoms with van der Waals surface area (Å²) in [4.78, 5) is 2.27. The molecule has 0 aliphatic heterocycles. The Kier molecular flexibility index (Phi) is 9.11. The Morgan fingerprint density at radius 3 is 2.08 bits per heavy atom. The molecule has 1 N–H and O–H groups in total. The van der Waals surface area contributed by atoms with Crippen molar-refractivity contribution < 1.29 is 19.3 Å². The van der Waals surface area contributed by atoms with Gasteiger partial charge in [0.15, 0.2) is 0 Å². The SMILES string of the molecule is CC[C@@H](C)N(Cc1cc(OC)cc(OC)c1)C[C@H](O)COC(C)C. The molecule has 0 heterocycles. The average Bonchev–Trinajstić information content (AvgIpc) is 2.58. The van der Waals surface area contributed by atoms with Gasteiger partial charge in [0.25, 0.3) is 0 Å². The zero-order valence-corrected chi connectivity index (χ0v) is 15.9. The van der Waals surface area contributed by atoms with Crippen molar-refractivity contribution in [3.05, 3.63) is 23.8 Å². The number of aliphatic hydroxyl groups excluding tert-OH is 1. The van der Waals surface area contributed by atoms with Crippen LogP contribution in [0.3, 0.4) is 0 Å². The summed E-state index contributed by atoms with van der Waals surface area (Å²) in [5.74, 6) is 1.55. The summed E-state index contributed by atoms with van der Waals surface area (Å²) in [7, 11) is 3.30. The van der Waals surface area contributed by atoms with Crippen molar-refractivity contribution in [2.45, 2.75) is 58.9 Å². The first-order valence-electron chi connectivity index (χ1n) is 8.65. The number of hydrogen-bond donors (Lipinski definition) is 1. The summed E-state index contributed by atoms with van der Waals surface area (Å²) >= 11 is 0. The predicted octanol–water partition coefficient (Wildman–Crippen LogP) is 3.09. The first kappa shape index (κ1) is 20.7. The maximum Gasteiger partial charge on any atom is 0.122 e. The van der Waals surface area contributed by atoms with Crippen LogP contribution in [0.4, 0.5) is 0 Å². The normalized spacial score (nSPS) is 14.0. The molecular weight excluding hydrogens is 306 g/mol. The molecule has 1 rings (SSSR count). The predicted molar refractivity (Wildman–Crippen MR) is 96.8 cm³/mol. The summed E-state index contributed by atoms with van der Waals surface area (Å²) in [5.41, 5.74) is 1.10. The highest BCUT2D eigenvalue weighted by molar-refractivity contribution is 5.38. The fourth-order valence-electron chi connectivity index (χ4n) is 2.48. The van der Waals surface area contributed by atoms with E-state index in [0.29, 0.717) is 19.2 Å². The van der Waals surface area contributed by atoms with E-state index >= 15 is 0 Å². The largest absolute Gasteiger partial charge is 0.497 e. The summed E-state index contributed by atoms with van der Waals surface area (Å²) in [6, 6.07) is 6.24. The lowest BCUT2D eigenvalue weighted by Gasteiger charge is -2.31. The van der Waals surface area contributed by atoms with E-state index in [1.807, 2.05) is 32.0 Å². The van der Waals surface area contributed by atoms with Gasteiger partial charge in [0.2, 0.25) is 0 Å². The molecule has 0 saturated heterocycles. The van der Waals surface area contributed by atoms with Crippen LogP contribution in [-0.2, 0) is 11.3 Å². The number of rotatable bonds is 11. The van der Waals surface area contributed by atoms with Crippen LogP contribution in [-0.4, -0.2) is 55.6 Å². The molecule has 0 aliphatic rings. The van der Waals surface area contributed by atoms with Crippen molar-refractivity contribution in [2.75, 3.05) is 27.4 Å². The van der Waals surface area contributed by atoms with E-state index in [1.165, 1.54) is 0 Å². The van der Waals surface area contributed by atoms with Crippen molar-refractivity contribution in [3.63, 3.8) is 0 Å². The Bertz CT molecular complexity index is 456. The lowest BCUT2D eigenvalue weighted by molar-refractivity contribution is -0.0149. The fourth-order valence-corrected chi connectivity index (χ4v) is 2.48. The van der Waals surface area contributed by atoms with Gasteiger partial charge in [-0.15, -0.1) is 0 Å². The third-order valence-corrected chi connectivity index (χ3v) is 4.08. The molecule has 0 unspecified atom stereocenters. The third-order valence-electron chi connectivity index (χ3n) is 4.08. The highest BCUT2D eigenvalue weighted by atomic mass is 16.5. The molecule has 0 bridgehead atoms. The van der Waals surface area contributed by atoms with E-state index in [-0.39, 0.29) is 6.10 Å². The molecular formula is C19H33NO4. The number of hydrogen-bond acceptors (Lipinski definition) is 5. The summed E-state index contributed by atoms with van der Waals surface area (Å²) in [6.45, 7) is 9.92. The highest BCUT2D eigenvalue weighted by Crippen LogP contribution is 2.24. The standard InChI is InChI=1S/C19H33NO4/c1-7-15(4)20(12-17(21)13-24-14(2)3)11-16-8-18(22-5)10-19(9-16)23-6/h8-10,14-15,17,21H,7,11-13H2,1-6H3/t15-,17+/m1/s1. The molecule has 0 aliphatic carbocycles. The molecule has 5 heteroatoms. The topological polar surface area (TPSA) is 51.2 Å². The Labute approximate surface area is 146 Å². The van der Waals surface area contributed by atoms with Crippen LogP contribution >= 0.6 is 0 Å². The first-order valence-corrected chi connectivity index (χ1v) is 8.65. The maximum atomic E-state index is 10.3. The molecule has 24 heavy (non-hydrogen) atoms. The second-order valence-electron chi connectivity index (χ2n) is 6.44. The van der Waals surface area contributed by atoms with Crippen molar-refractivity contribution in [3.8, 4) is 11.5 Å². The van der Waals surface area contributed by atoms with Crippen molar-refractivity contribution in [2.24, 2.45) is 0 Å². The number of benzene rings is 1. The fraction of sp³-hybridized carbons (Fsp3) is 0.684. The Morgan fingerprint density at radius 1 is 1.04 bits per heavy atom. The van der Waals surface area contributed by atoms with Gasteiger partial charge in [-0.1, -0.05) is 6.92 Å². The van der Waals surface area contributed by atoms with Crippen molar-refractivity contribution in [1.82, 2.24) is 4.90 Å². The Balaban J connectivity index is 2.82. The quantitative estimate of drug-likeness (QED) is 0.671. The number of nitrogens with zero attached hydrogens (tertiary/aromatic N) is 1. The minimum atomic E-state index is -0.506. The first-order chi connectivity index (χ1) is 11.4. The van der Waals surface area contributed by atoms with Gasteiger partial charge in [-0.05, 0) is 44.9 Å². The van der Waals surface area contributed by atoms with Gasteiger partial charge in [-0.3, -0.25) is 4.90 Å². The minimum absolute atomic E-state index is 0.124. The number of ether oxygens (including phenoxy) is 3. The smallest absolute Gasteiger partial charge is 0.122 e. The van der Waals surface area contributed by atoms with Crippen molar-refractivity contribution in [1.29, 1.82) is 0 Å². The Hall–Kier alpha value is -1.30. The monoisotopic (exact) mass is 339 g/mol. The maximum absolute atomic E-state index is 10.3.